The number of aliphatic hydroxyl groups excluding tert-OH is 3. The number of benzene rings is 1. The number of hydrogen-bond donors (Lipinski definition) is 13. The van der Waals surface area contributed by atoms with Crippen molar-refractivity contribution in [3.63, 3.8) is 0 Å². The molecule has 1 aromatic carbocycles. The number of carboxylic acid groups (broad SMARTS) is 1. The van der Waals surface area contributed by atoms with Gasteiger partial charge >= 0.3 is 5.97 Å². The fourth-order valence-electron chi connectivity index (χ4n) is 9.84. The van der Waals surface area contributed by atoms with Gasteiger partial charge in [0.2, 0.25) is 29.5 Å². The van der Waals surface area contributed by atoms with Crippen LogP contribution in [0.1, 0.15) is 188 Å². The van der Waals surface area contributed by atoms with Gasteiger partial charge in [-0.2, -0.15) is 0 Å². The van der Waals surface area contributed by atoms with E-state index in [1.807, 2.05) is 0 Å². The molecule has 17 N–H and O–H groups in total. The number of aliphatic carboxylic acids is 1. The van der Waals surface area contributed by atoms with Crippen molar-refractivity contribution < 1.29 is 68.4 Å². The van der Waals surface area contributed by atoms with Crippen LogP contribution in [-0.2, 0) is 54.4 Å². The van der Waals surface area contributed by atoms with Gasteiger partial charge in [0.1, 0.15) is 12.1 Å². The summed E-state index contributed by atoms with van der Waals surface area (Å²) in [5.41, 5.74) is 22.6. The van der Waals surface area contributed by atoms with E-state index in [0.29, 0.717) is 12.0 Å². The predicted octanol–water partition coefficient (Wildman–Crippen LogP) is 3.00. The van der Waals surface area contributed by atoms with Crippen LogP contribution in [0.25, 0.3) is 0 Å². The third-order valence-corrected chi connectivity index (χ3v) is 15.1. The molecule has 0 saturated carbocycles. The summed E-state index contributed by atoms with van der Waals surface area (Å²) in [5, 5.41) is 53.6. The fraction of sp³-hybridized carbons (Fsp3) is 0.683. The quantitative estimate of drug-likeness (QED) is 0.0193. The molecule has 1 aromatic rings. The molecule has 0 heterocycles. The number of hydrogen-bond acceptors (Lipinski definition) is 15. The molecule has 0 bridgehead atoms. The van der Waals surface area contributed by atoms with Gasteiger partial charge in [0, 0.05) is 57.0 Å². The molecule has 0 radical (unpaired) electrons. The van der Waals surface area contributed by atoms with Gasteiger partial charge in [-0.1, -0.05) is 115 Å². The number of carbonyl (C=O) groups excluding carboxylic acids is 9. The van der Waals surface area contributed by atoms with Crippen molar-refractivity contribution in [2.45, 2.75) is 225 Å². The normalized spacial score (nSPS) is 14.4. The SMILES string of the molecule is CCCCCCCC/C=C/CCCCCCCC(=O)N[C@H](C(=O)N[C@H](C(=O)C[C@@H](Cc1ccccc1)C(=O)N[C@@H](CCCN=C(N)N)C(=O)C[C@@H](CO)C(=O)N[C@@H](CO)C(=O)C[C@@H](CCCN=C(N)N)C(=O)N[C@@H](CCC(=O)O)C(C)=O)C(C)C)[C@@H](C)O. The molecule has 0 aliphatic rings. The minimum Gasteiger partial charge on any atom is -0.481 e. The number of ketones is 4. The van der Waals surface area contributed by atoms with Gasteiger partial charge in [-0.05, 0) is 96.0 Å². The molecule has 0 saturated heterocycles. The number of guanidine groups is 2. The van der Waals surface area contributed by atoms with Crippen molar-refractivity contribution in [3.8, 4) is 0 Å². The van der Waals surface area contributed by atoms with E-state index in [2.05, 4.69) is 55.6 Å². The Morgan fingerprint density at radius 2 is 1.02 bits per heavy atom. The highest BCUT2D eigenvalue weighted by Crippen LogP contribution is 2.21. The first-order chi connectivity index (χ1) is 41.8. The topological polar surface area (TPSA) is 441 Å². The lowest BCUT2D eigenvalue weighted by Gasteiger charge is -2.28. The Balaban J connectivity index is 3.27. The zero-order valence-electron chi connectivity index (χ0n) is 52.7. The Labute approximate surface area is 519 Å². The van der Waals surface area contributed by atoms with Crippen LogP contribution < -0.4 is 49.5 Å². The maximum atomic E-state index is 14.5. The monoisotopic (exact) mass is 1240 g/mol. The third kappa shape index (κ3) is 35.0. The molecule has 0 aliphatic heterocycles. The summed E-state index contributed by atoms with van der Waals surface area (Å²) in [5.74, 6) is -12.6. The summed E-state index contributed by atoms with van der Waals surface area (Å²) in [7, 11) is 0. The van der Waals surface area contributed by atoms with Crippen molar-refractivity contribution in [3.05, 3.63) is 48.0 Å². The number of carbonyl (C=O) groups is 10. The maximum Gasteiger partial charge on any atom is 0.303 e. The van der Waals surface area contributed by atoms with E-state index in [0.717, 1.165) is 45.4 Å². The summed E-state index contributed by atoms with van der Waals surface area (Å²) >= 11 is 0. The van der Waals surface area contributed by atoms with Gasteiger partial charge in [-0.25, -0.2) is 0 Å². The number of nitrogens with zero attached hydrogens (tertiary/aromatic N) is 2. The van der Waals surface area contributed by atoms with Crippen molar-refractivity contribution in [2.24, 2.45) is 56.6 Å². The van der Waals surface area contributed by atoms with Gasteiger partial charge in [0.25, 0.3) is 0 Å². The number of allylic oxidation sites excluding steroid dienone is 2. The minimum absolute atomic E-state index is 0.00609. The van der Waals surface area contributed by atoms with E-state index in [4.69, 9.17) is 28.0 Å². The highest BCUT2D eigenvalue weighted by molar-refractivity contribution is 5.98. The number of nitrogens with one attached hydrogen (secondary N) is 5. The standard InChI is InChI=1S/C63H105N11O14/c1-6-7-8-9-10-11-12-13-14-15-16-17-18-19-23-30-54(82)73-57(43(5)78)61(88)74-56(41(2)3)53(81)37-46(35-44-26-21-20-22-27-44)59(86)71-49(29-25-34-69-63(66)67)51(79)38-47(39-75)60(87)72-50(40-76)52(80)36-45(28-24-33-68-62(64)65)58(85)70-48(42(4)77)31-32-55(83)84/h13-14,20-22,26-27,41,43,45-50,56-57,75-76,78H,6-12,15-19,23-25,28-40H2,1-5H3,(H,70,85)(H,71,86)(H,72,87)(H,73,82)(H,74,88)(H,83,84)(H4,64,65,68)(H4,66,67,69)/b14-13+/t43-,45-,46-,47+,48+,49+,50+,56+,57+/m1/s1. The highest BCUT2D eigenvalue weighted by atomic mass is 16.4. The molecule has 0 unspecified atom stereocenters. The zero-order valence-corrected chi connectivity index (χ0v) is 52.7. The minimum atomic E-state index is -1.66. The van der Waals surface area contributed by atoms with Crippen molar-refractivity contribution in [2.75, 3.05) is 26.3 Å². The number of unbranched alkanes of at least 4 members (excludes halogenated alkanes) is 11. The molecule has 5 amide bonds. The molecule has 0 fully saturated rings. The fourth-order valence-corrected chi connectivity index (χ4v) is 9.84. The third-order valence-electron chi connectivity index (χ3n) is 15.1. The van der Waals surface area contributed by atoms with Crippen LogP contribution in [0, 0.1) is 23.7 Å². The number of nitrogens with two attached hydrogens (primary N) is 4. The van der Waals surface area contributed by atoms with Crippen LogP contribution in [0.2, 0.25) is 0 Å². The predicted molar refractivity (Wildman–Crippen MR) is 337 cm³/mol. The van der Waals surface area contributed by atoms with Crippen LogP contribution in [-0.4, -0.2) is 154 Å². The van der Waals surface area contributed by atoms with E-state index in [-0.39, 0.29) is 70.0 Å². The second kappa shape index (κ2) is 46.1. The van der Waals surface area contributed by atoms with E-state index in [1.54, 1.807) is 44.2 Å². The number of aliphatic hydroxyl groups is 3. The van der Waals surface area contributed by atoms with Crippen LogP contribution >= 0.6 is 0 Å². The van der Waals surface area contributed by atoms with Crippen LogP contribution in [0.5, 0.6) is 0 Å². The van der Waals surface area contributed by atoms with E-state index in [9.17, 15) is 63.3 Å². The van der Waals surface area contributed by atoms with E-state index >= 15 is 0 Å². The molecule has 0 spiro atoms. The molecule has 0 aromatic heterocycles. The second-order valence-electron chi connectivity index (χ2n) is 23.1. The highest BCUT2D eigenvalue weighted by Gasteiger charge is 2.36. The average molecular weight is 1240 g/mol. The Hall–Kier alpha value is -7.12. The van der Waals surface area contributed by atoms with E-state index < -0.39 is 158 Å². The molecule has 25 heteroatoms. The number of amides is 5. The Bertz CT molecular complexity index is 2400. The first-order valence-electron chi connectivity index (χ1n) is 31.4. The molecule has 9 atom stereocenters. The Morgan fingerprint density at radius 3 is 1.56 bits per heavy atom. The molecular weight excluding hydrogens is 1130 g/mol. The van der Waals surface area contributed by atoms with E-state index in [1.165, 1.54) is 45.4 Å². The first kappa shape index (κ1) is 78.9. The van der Waals surface area contributed by atoms with Crippen LogP contribution in [0.15, 0.2) is 52.5 Å². The summed E-state index contributed by atoms with van der Waals surface area (Å²) < 4.78 is 0. The average Bonchev–Trinajstić information content (AvgIpc) is 2.07. The lowest BCUT2D eigenvalue weighted by molar-refractivity contribution is -0.138. The lowest BCUT2D eigenvalue weighted by atomic mass is 9.87. The van der Waals surface area contributed by atoms with Crippen molar-refractivity contribution >= 4 is 70.6 Å². The second-order valence-corrected chi connectivity index (χ2v) is 23.1. The molecule has 0 aliphatic carbocycles. The van der Waals surface area contributed by atoms with Gasteiger partial charge in [-0.15, -0.1) is 0 Å². The summed E-state index contributed by atoms with van der Waals surface area (Å²) in [6, 6.07) is 1.92. The number of Topliss-reactive ketones (excluding diaryl/α,β-unsaturated/α-hetero) is 4. The van der Waals surface area contributed by atoms with Crippen molar-refractivity contribution in [1.29, 1.82) is 0 Å². The van der Waals surface area contributed by atoms with Crippen molar-refractivity contribution in [1.82, 2.24) is 26.6 Å². The Morgan fingerprint density at radius 1 is 0.523 bits per heavy atom. The van der Waals surface area contributed by atoms with Gasteiger partial charge in [-0.3, -0.25) is 57.9 Å². The van der Waals surface area contributed by atoms with Crippen LogP contribution in [0.3, 0.4) is 0 Å². The molecular formula is C63H105N11O14. The molecule has 88 heavy (non-hydrogen) atoms. The Kier molecular flexibility index (Phi) is 41.3. The summed E-state index contributed by atoms with van der Waals surface area (Å²) in [6.07, 6.45) is 15.3. The smallest absolute Gasteiger partial charge is 0.303 e. The van der Waals surface area contributed by atoms with Gasteiger partial charge in [0.05, 0.1) is 43.4 Å². The lowest BCUT2D eigenvalue weighted by Crippen LogP contribution is -2.57. The molecule has 1 rings (SSSR count). The molecule has 25 nitrogen and oxygen atoms in total. The zero-order chi connectivity index (χ0) is 66.0. The van der Waals surface area contributed by atoms with Gasteiger partial charge in [0.15, 0.2) is 35.1 Å². The van der Waals surface area contributed by atoms with Gasteiger partial charge < -0.3 is 69.9 Å². The summed E-state index contributed by atoms with van der Waals surface area (Å²) in [4.78, 5) is 142. The van der Waals surface area contributed by atoms with Crippen LogP contribution in [0.4, 0.5) is 0 Å². The number of rotatable bonds is 51. The first-order valence-corrected chi connectivity index (χ1v) is 31.4. The summed E-state index contributed by atoms with van der Waals surface area (Å²) in [6.45, 7) is 6.25. The maximum absolute atomic E-state index is 14.5. The molecule has 496 valence electrons. The largest absolute Gasteiger partial charge is 0.481 e. The number of aliphatic imine (C=N–C) groups is 2. The number of carboxylic acids is 1.